The second-order valence-electron chi connectivity index (χ2n) is 6.63. The lowest BCUT2D eigenvalue weighted by molar-refractivity contribution is -0.119. The van der Waals surface area contributed by atoms with Gasteiger partial charge in [-0.25, -0.2) is 0 Å². The molecule has 25 heavy (non-hydrogen) atoms. The van der Waals surface area contributed by atoms with E-state index in [1.54, 1.807) is 0 Å². The third-order valence-corrected chi connectivity index (χ3v) is 5.09. The van der Waals surface area contributed by atoms with Gasteiger partial charge in [0.05, 0.1) is 12.5 Å². The van der Waals surface area contributed by atoms with Crippen LogP contribution in [0, 0.1) is 6.92 Å². The minimum Gasteiger partial charge on any atom is -0.346 e. The standard InChI is InChI=1S/C22H22N2O/c1-17-8-2-4-10-19(17)21(23-13-6-7-14-23)16-22(25)24-15-12-18-9-3-5-11-20(18)24/h2-11,13-14,21H,12,15-16H2,1H3/t21-/m0/s1. The molecule has 0 N–H and O–H groups in total. The molecule has 0 spiro atoms. The van der Waals surface area contributed by atoms with Crippen LogP contribution in [0.1, 0.15) is 29.2 Å². The number of aryl methyl sites for hydroxylation is 1. The average molecular weight is 330 g/mol. The molecule has 0 saturated heterocycles. The maximum absolute atomic E-state index is 13.1. The number of aromatic nitrogens is 1. The summed E-state index contributed by atoms with van der Waals surface area (Å²) in [5.74, 6) is 0.187. The molecule has 3 aromatic rings. The third-order valence-electron chi connectivity index (χ3n) is 5.09. The van der Waals surface area contributed by atoms with Gasteiger partial charge in [-0.05, 0) is 48.2 Å². The molecule has 0 unspecified atom stereocenters. The van der Waals surface area contributed by atoms with E-state index in [9.17, 15) is 4.79 Å². The van der Waals surface area contributed by atoms with Crippen molar-refractivity contribution in [2.24, 2.45) is 0 Å². The minimum atomic E-state index is 0.0245. The van der Waals surface area contributed by atoms with Gasteiger partial charge in [0, 0.05) is 24.6 Å². The zero-order chi connectivity index (χ0) is 17.2. The summed E-state index contributed by atoms with van der Waals surface area (Å²) in [5.41, 5.74) is 4.77. The van der Waals surface area contributed by atoms with E-state index in [-0.39, 0.29) is 11.9 Å². The summed E-state index contributed by atoms with van der Waals surface area (Å²) in [6.07, 6.45) is 5.50. The van der Waals surface area contributed by atoms with Crippen molar-refractivity contribution < 1.29 is 4.79 Å². The number of amides is 1. The molecular formula is C22H22N2O. The second-order valence-corrected chi connectivity index (χ2v) is 6.63. The number of hydrogen-bond acceptors (Lipinski definition) is 1. The summed E-state index contributed by atoms with van der Waals surface area (Å²) >= 11 is 0. The van der Waals surface area contributed by atoms with Crippen molar-refractivity contribution in [3.05, 3.63) is 89.7 Å². The van der Waals surface area contributed by atoms with Crippen LogP contribution < -0.4 is 4.90 Å². The van der Waals surface area contributed by atoms with E-state index in [1.165, 1.54) is 16.7 Å². The second kappa shape index (κ2) is 6.60. The van der Waals surface area contributed by atoms with Crippen molar-refractivity contribution in [2.75, 3.05) is 11.4 Å². The molecule has 1 amide bonds. The molecule has 0 radical (unpaired) electrons. The molecule has 3 heteroatoms. The summed E-state index contributed by atoms with van der Waals surface area (Å²) in [7, 11) is 0. The molecule has 3 nitrogen and oxygen atoms in total. The molecule has 0 aliphatic carbocycles. The normalized spacial score (nSPS) is 14.4. The topological polar surface area (TPSA) is 25.2 Å². The lowest BCUT2D eigenvalue weighted by atomic mass is 9.98. The first-order valence-corrected chi connectivity index (χ1v) is 8.80. The monoisotopic (exact) mass is 330 g/mol. The molecule has 2 aromatic carbocycles. The van der Waals surface area contributed by atoms with E-state index >= 15 is 0 Å². The summed E-state index contributed by atoms with van der Waals surface area (Å²) in [6.45, 7) is 2.89. The van der Waals surface area contributed by atoms with Crippen molar-refractivity contribution in [1.29, 1.82) is 0 Å². The Hall–Kier alpha value is -2.81. The van der Waals surface area contributed by atoms with Gasteiger partial charge in [0.2, 0.25) is 5.91 Å². The molecule has 4 rings (SSSR count). The first kappa shape index (κ1) is 15.7. The highest BCUT2D eigenvalue weighted by Crippen LogP contribution is 2.31. The largest absolute Gasteiger partial charge is 0.346 e. The van der Waals surface area contributed by atoms with Crippen LogP contribution in [0.25, 0.3) is 0 Å². The number of benzene rings is 2. The van der Waals surface area contributed by atoms with Crippen LogP contribution in [0.5, 0.6) is 0 Å². The van der Waals surface area contributed by atoms with Crippen molar-refractivity contribution in [2.45, 2.75) is 25.8 Å². The molecule has 1 aromatic heterocycles. The minimum absolute atomic E-state index is 0.0245. The Kier molecular flexibility index (Phi) is 4.14. The Bertz CT molecular complexity index is 883. The van der Waals surface area contributed by atoms with Crippen LogP contribution in [0.4, 0.5) is 5.69 Å². The van der Waals surface area contributed by atoms with Gasteiger partial charge in [-0.2, -0.15) is 0 Å². The van der Waals surface area contributed by atoms with Gasteiger partial charge < -0.3 is 9.47 Å². The lowest BCUT2D eigenvalue weighted by Gasteiger charge is -2.24. The molecule has 0 fully saturated rings. The van der Waals surface area contributed by atoms with Gasteiger partial charge in [0.25, 0.3) is 0 Å². The lowest BCUT2D eigenvalue weighted by Crippen LogP contribution is -2.31. The van der Waals surface area contributed by atoms with E-state index in [2.05, 4.69) is 41.8 Å². The van der Waals surface area contributed by atoms with E-state index < -0.39 is 0 Å². The van der Waals surface area contributed by atoms with E-state index in [0.717, 1.165) is 18.7 Å². The molecule has 2 heterocycles. The zero-order valence-electron chi connectivity index (χ0n) is 14.4. The molecule has 126 valence electrons. The van der Waals surface area contributed by atoms with Crippen LogP contribution in [0.3, 0.4) is 0 Å². The van der Waals surface area contributed by atoms with Gasteiger partial charge in [0.1, 0.15) is 0 Å². The Morgan fingerprint density at radius 2 is 1.72 bits per heavy atom. The predicted molar refractivity (Wildman–Crippen MR) is 101 cm³/mol. The molecular weight excluding hydrogens is 308 g/mol. The van der Waals surface area contributed by atoms with E-state index in [1.807, 2.05) is 47.6 Å². The van der Waals surface area contributed by atoms with Crippen LogP contribution in [0.2, 0.25) is 0 Å². The SMILES string of the molecule is Cc1ccccc1[C@H](CC(=O)N1CCc2ccccc21)n1cccc1. The molecule has 0 bridgehead atoms. The summed E-state index contributed by atoms with van der Waals surface area (Å²) in [4.78, 5) is 15.1. The molecule has 1 atom stereocenters. The number of anilines is 1. The fraction of sp³-hybridized carbons (Fsp3) is 0.227. The van der Waals surface area contributed by atoms with Gasteiger partial charge in [0.15, 0.2) is 0 Å². The highest BCUT2D eigenvalue weighted by atomic mass is 16.2. The van der Waals surface area contributed by atoms with Crippen molar-refractivity contribution in [3.8, 4) is 0 Å². The van der Waals surface area contributed by atoms with Crippen LogP contribution in [0.15, 0.2) is 73.1 Å². The Labute approximate surface area is 148 Å². The molecule has 0 saturated carbocycles. The first-order valence-electron chi connectivity index (χ1n) is 8.80. The number of hydrogen-bond donors (Lipinski definition) is 0. The summed E-state index contributed by atoms with van der Waals surface area (Å²) in [6, 6.07) is 20.6. The van der Waals surface area contributed by atoms with Crippen molar-refractivity contribution in [1.82, 2.24) is 4.57 Å². The van der Waals surface area contributed by atoms with Gasteiger partial charge >= 0.3 is 0 Å². The third kappa shape index (κ3) is 2.98. The maximum atomic E-state index is 13.1. The van der Waals surface area contributed by atoms with Crippen LogP contribution >= 0.6 is 0 Å². The number of para-hydroxylation sites is 1. The Balaban J connectivity index is 1.64. The van der Waals surface area contributed by atoms with Gasteiger partial charge in [-0.3, -0.25) is 4.79 Å². The smallest absolute Gasteiger partial charge is 0.229 e. The number of carbonyl (C=O) groups is 1. The van der Waals surface area contributed by atoms with Crippen LogP contribution in [-0.4, -0.2) is 17.0 Å². The number of carbonyl (C=O) groups excluding carboxylic acids is 1. The van der Waals surface area contributed by atoms with Gasteiger partial charge in [-0.15, -0.1) is 0 Å². The quantitative estimate of drug-likeness (QED) is 0.697. The Morgan fingerprint density at radius 3 is 2.52 bits per heavy atom. The fourth-order valence-electron chi connectivity index (χ4n) is 3.77. The predicted octanol–water partition coefficient (Wildman–Crippen LogP) is 4.37. The van der Waals surface area contributed by atoms with Crippen molar-refractivity contribution in [3.63, 3.8) is 0 Å². The fourth-order valence-corrected chi connectivity index (χ4v) is 3.77. The number of fused-ring (bicyclic) bond motifs is 1. The molecule has 1 aliphatic heterocycles. The summed E-state index contributed by atoms with van der Waals surface area (Å²) in [5, 5.41) is 0. The summed E-state index contributed by atoms with van der Waals surface area (Å²) < 4.78 is 2.14. The number of rotatable bonds is 4. The Morgan fingerprint density at radius 1 is 1.00 bits per heavy atom. The van der Waals surface area contributed by atoms with Crippen molar-refractivity contribution >= 4 is 11.6 Å². The molecule has 1 aliphatic rings. The highest BCUT2D eigenvalue weighted by Gasteiger charge is 2.27. The first-order chi connectivity index (χ1) is 12.2. The van der Waals surface area contributed by atoms with Crippen LogP contribution in [-0.2, 0) is 11.2 Å². The van der Waals surface area contributed by atoms with E-state index in [4.69, 9.17) is 0 Å². The van der Waals surface area contributed by atoms with E-state index in [0.29, 0.717) is 6.42 Å². The zero-order valence-corrected chi connectivity index (χ0v) is 14.4. The van der Waals surface area contributed by atoms with Gasteiger partial charge in [-0.1, -0.05) is 42.5 Å². The maximum Gasteiger partial charge on any atom is 0.229 e. The average Bonchev–Trinajstić information content (AvgIpc) is 3.30. The number of nitrogens with zero attached hydrogens (tertiary/aromatic N) is 2. The highest BCUT2D eigenvalue weighted by molar-refractivity contribution is 5.95.